The first-order chi connectivity index (χ1) is 13.0. The fourth-order valence-electron chi connectivity index (χ4n) is 3.05. The second kappa shape index (κ2) is 6.44. The van der Waals surface area contributed by atoms with Crippen LogP contribution in [0.25, 0.3) is 21.7 Å². The summed E-state index contributed by atoms with van der Waals surface area (Å²) in [7, 11) is -2.31. The van der Waals surface area contributed by atoms with Crippen LogP contribution in [0.5, 0.6) is 5.75 Å². The van der Waals surface area contributed by atoms with Crippen LogP contribution in [0.3, 0.4) is 0 Å². The number of benzene rings is 3. The Balaban J connectivity index is 1.85. The lowest BCUT2D eigenvalue weighted by Crippen LogP contribution is -2.14. The van der Waals surface area contributed by atoms with Gasteiger partial charge in [0, 0.05) is 10.8 Å². The fourth-order valence-corrected chi connectivity index (χ4v) is 4.12. The molecule has 4 aromatic rings. The highest BCUT2D eigenvalue weighted by molar-refractivity contribution is 7.92. The summed E-state index contributed by atoms with van der Waals surface area (Å²) < 4.78 is 33.1. The van der Waals surface area contributed by atoms with Gasteiger partial charge in [-0.2, -0.15) is 0 Å². The highest BCUT2D eigenvalue weighted by atomic mass is 32.2. The zero-order valence-electron chi connectivity index (χ0n) is 14.4. The summed E-state index contributed by atoms with van der Waals surface area (Å²) in [6, 6.07) is 18.5. The van der Waals surface area contributed by atoms with Gasteiger partial charge < -0.3 is 9.72 Å². The van der Waals surface area contributed by atoms with E-state index in [0.29, 0.717) is 22.3 Å². The quantitative estimate of drug-likeness (QED) is 0.531. The number of pyridine rings is 1. The van der Waals surface area contributed by atoms with E-state index < -0.39 is 10.0 Å². The van der Waals surface area contributed by atoms with Crippen molar-refractivity contribution in [1.29, 1.82) is 0 Å². The van der Waals surface area contributed by atoms with Gasteiger partial charge in [0.1, 0.15) is 5.75 Å². The normalized spacial score (nSPS) is 11.6. The van der Waals surface area contributed by atoms with Crippen molar-refractivity contribution in [1.82, 2.24) is 4.98 Å². The van der Waals surface area contributed by atoms with Crippen molar-refractivity contribution in [2.24, 2.45) is 0 Å². The lowest BCUT2D eigenvalue weighted by atomic mass is 10.1. The molecule has 0 aliphatic heterocycles. The van der Waals surface area contributed by atoms with Crippen LogP contribution in [0.2, 0.25) is 0 Å². The maximum absolute atomic E-state index is 12.7. The molecule has 0 unspecified atom stereocenters. The first kappa shape index (κ1) is 17.1. The molecule has 0 aliphatic carbocycles. The number of aromatic amines is 1. The number of methoxy groups -OCH3 is 1. The predicted octanol–water partition coefficient (Wildman–Crippen LogP) is 3.49. The molecule has 0 atom stereocenters. The van der Waals surface area contributed by atoms with E-state index in [9.17, 15) is 13.2 Å². The molecule has 1 heterocycles. The number of fused-ring (bicyclic) bond motifs is 3. The minimum atomic E-state index is -3.82. The van der Waals surface area contributed by atoms with E-state index in [1.807, 2.05) is 18.2 Å². The smallest absolute Gasteiger partial charge is 0.261 e. The van der Waals surface area contributed by atoms with Crippen molar-refractivity contribution in [2.75, 3.05) is 11.8 Å². The average molecular weight is 380 g/mol. The molecule has 0 amide bonds. The van der Waals surface area contributed by atoms with Gasteiger partial charge in [0.25, 0.3) is 15.6 Å². The Kier molecular flexibility index (Phi) is 4.08. The third-order valence-corrected chi connectivity index (χ3v) is 5.76. The topological polar surface area (TPSA) is 88.3 Å². The van der Waals surface area contributed by atoms with E-state index in [2.05, 4.69) is 9.71 Å². The molecule has 1 aromatic heterocycles. The van der Waals surface area contributed by atoms with Crippen LogP contribution in [-0.2, 0) is 10.0 Å². The number of rotatable bonds is 4. The van der Waals surface area contributed by atoms with Gasteiger partial charge in [0.15, 0.2) is 0 Å². The third kappa shape index (κ3) is 3.02. The van der Waals surface area contributed by atoms with Gasteiger partial charge in [0.2, 0.25) is 0 Å². The second-order valence-electron chi connectivity index (χ2n) is 6.01. The lowest BCUT2D eigenvalue weighted by Gasteiger charge is -2.12. The van der Waals surface area contributed by atoms with E-state index >= 15 is 0 Å². The molecular formula is C20H16N2O4S. The summed E-state index contributed by atoms with van der Waals surface area (Å²) in [5.41, 5.74) is 0.485. The molecule has 0 radical (unpaired) electrons. The first-order valence-electron chi connectivity index (χ1n) is 8.20. The molecule has 27 heavy (non-hydrogen) atoms. The van der Waals surface area contributed by atoms with Crippen LogP contribution >= 0.6 is 0 Å². The average Bonchev–Trinajstić information content (AvgIpc) is 2.69. The minimum Gasteiger partial charge on any atom is -0.497 e. The van der Waals surface area contributed by atoms with Crippen molar-refractivity contribution in [3.05, 3.63) is 77.1 Å². The molecular weight excluding hydrogens is 364 g/mol. The summed E-state index contributed by atoms with van der Waals surface area (Å²) in [6.07, 6.45) is 0. The number of anilines is 1. The molecule has 0 spiro atoms. The molecule has 6 nitrogen and oxygen atoms in total. The van der Waals surface area contributed by atoms with E-state index in [1.165, 1.54) is 19.2 Å². The standard InChI is InChI=1S/C20H16N2O4S/c1-26-13-9-11-14(12-10-13)27(24,25)22-18-8-4-7-16-15-5-2-3-6-17(15)20(23)21-19(16)18/h2-12,22H,1H3,(H,21,23). The number of hydrogen-bond donors (Lipinski definition) is 2. The Morgan fingerprint density at radius 1 is 0.852 bits per heavy atom. The largest absolute Gasteiger partial charge is 0.497 e. The molecule has 4 rings (SSSR count). The van der Waals surface area contributed by atoms with Crippen molar-refractivity contribution < 1.29 is 13.2 Å². The molecule has 3 aromatic carbocycles. The number of H-pyrrole nitrogens is 1. The van der Waals surface area contributed by atoms with E-state index in [4.69, 9.17) is 4.74 Å². The van der Waals surface area contributed by atoms with E-state index in [0.717, 1.165) is 10.8 Å². The number of hydrogen-bond acceptors (Lipinski definition) is 4. The molecule has 0 aliphatic rings. The number of nitrogens with one attached hydrogen (secondary N) is 2. The molecule has 0 saturated heterocycles. The van der Waals surface area contributed by atoms with Crippen molar-refractivity contribution in [2.45, 2.75) is 4.90 Å². The third-order valence-electron chi connectivity index (χ3n) is 4.38. The SMILES string of the molecule is COc1ccc(S(=O)(=O)Nc2cccc3c2[nH]c(=O)c2ccccc23)cc1. The Hall–Kier alpha value is -3.32. The Morgan fingerprint density at radius 3 is 2.22 bits per heavy atom. The maximum atomic E-state index is 12.7. The minimum absolute atomic E-state index is 0.100. The number of aromatic nitrogens is 1. The van der Waals surface area contributed by atoms with Crippen LogP contribution in [-0.4, -0.2) is 20.5 Å². The highest BCUT2D eigenvalue weighted by Crippen LogP contribution is 2.28. The monoisotopic (exact) mass is 380 g/mol. The van der Waals surface area contributed by atoms with E-state index in [-0.39, 0.29) is 10.5 Å². The summed E-state index contributed by atoms with van der Waals surface area (Å²) in [4.78, 5) is 15.3. The van der Waals surface area contributed by atoms with Crippen LogP contribution in [0.4, 0.5) is 5.69 Å². The van der Waals surface area contributed by atoms with E-state index in [1.54, 1.807) is 36.4 Å². The van der Waals surface area contributed by atoms with Crippen LogP contribution < -0.4 is 15.0 Å². The molecule has 7 heteroatoms. The van der Waals surface area contributed by atoms with Crippen molar-refractivity contribution in [3.63, 3.8) is 0 Å². The van der Waals surface area contributed by atoms with Crippen LogP contribution in [0, 0.1) is 0 Å². The lowest BCUT2D eigenvalue weighted by molar-refractivity contribution is 0.414. The second-order valence-corrected chi connectivity index (χ2v) is 7.69. The molecule has 0 saturated carbocycles. The Bertz CT molecular complexity index is 1310. The van der Waals surface area contributed by atoms with Gasteiger partial charge in [-0.1, -0.05) is 30.3 Å². The Morgan fingerprint density at radius 2 is 1.52 bits per heavy atom. The van der Waals surface area contributed by atoms with Crippen LogP contribution in [0.1, 0.15) is 0 Å². The van der Waals surface area contributed by atoms with Crippen LogP contribution in [0.15, 0.2) is 76.4 Å². The van der Waals surface area contributed by atoms with Gasteiger partial charge in [0.05, 0.1) is 23.2 Å². The first-order valence-corrected chi connectivity index (χ1v) is 9.68. The summed E-state index contributed by atoms with van der Waals surface area (Å²) in [6.45, 7) is 0. The summed E-state index contributed by atoms with van der Waals surface area (Å²) in [5, 5.41) is 2.09. The molecule has 0 bridgehead atoms. The molecule has 136 valence electrons. The van der Waals surface area contributed by atoms with Gasteiger partial charge >= 0.3 is 0 Å². The number of ether oxygens (including phenoxy) is 1. The van der Waals surface area contributed by atoms with Crippen molar-refractivity contribution >= 4 is 37.4 Å². The summed E-state index contributed by atoms with van der Waals surface area (Å²) >= 11 is 0. The number of para-hydroxylation sites is 1. The van der Waals surface area contributed by atoms with Gasteiger partial charge in [-0.3, -0.25) is 9.52 Å². The molecule has 2 N–H and O–H groups in total. The van der Waals surface area contributed by atoms with Crippen molar-refractivity contribution in [3.8, 4) is 5.75 Å². The Labute approximate surface area is 155 Å². The maximum Gasteiger partial charge on any atom is 0.261 e. The predicted molar refractivity (Wildman–Crippen MR) is 106 cm³/mol. The molecule has 0 fully saturated rings. The van der Waals surface area contributed by atoms with Gasteiger partial charge in [-0.15, -0.1) is 0 Å². The fraction of sp³-hybridized carbons (Fsp3) is 0.0500. The van der Waals surface area contributed by atoms with Gasteiger partial charge in [-0.25, -0.2) is 8.42 Å². The highest BCUT2D eigenvalue weighted by Gasteiger charge is 2.17. The van der Waals surface area contributed by atoms with Gasteiger partial charge in [-0.05, 0) is 41.8 Å². The summed E-state index contributed by atoms with van der Waals surface area (Å²) in [5.74, 6) is 0.565. The zero-order valence-corrected chi connectivity index (χ0v) is 15.2. The number of sulfonamides is 1. The zero-order chi connectivity index (χ0) is 19.0.